The largest absolute Gasteiger partial charge is 0.323 e. The Hall–Kier alpha value is -2.13. The van der Waals surface area contributed by atoms with E-state index in [-0.39, 0.29) is 0 Å². The zero-order chi connectivity index (χ0) is 15.6. The van der Waals surface area contributed by atoms with E-state index in [0.717, 1.165) is 0 Å². The molecule has 0 unspecified atom stereocenters. The average Bonchev–Trinajstić information content (AvgIpc) is 2.63. The minimum atomic E-state index is 0.292. The molecule has 23 heavy (non-hydrogen) atoms. The van der Waals surface area contributed by atoms with E-state index in [1.807, 2.05) is 0 Å². The molecule has 4 atom stereocenters. The lowest BCUT2D eigenvalue weighted by atomic mass is 9.67. The number of nitrogens with zero attached hydrogens (tertiary/aromatic N) is 1. The fourth-order valence-corrected chi connectivity index (χ4v) is 4.40. The van der Waals surface area contributed by atoms with Gasteiger partial charge in [-0.1, -0.05) is 67.1 Å². The van der Waals surface area contributed by atoms with Crippen LogP contribution in [0, 0.1) is 11.8 Å². The fourth-order valence-electron chi connectivity index (χ4n) is 4.40. The van der Waals surface area contributed by atoms with E-state index in [2.05, 4.69) is 71.1 Å². The Balaban J connectivity index is 1.76. The summed E-state index contributed by atoms with van der Waals surface area (Å²) in [5.41, 5.74) is 3.87. The van der Waals surface area contributed by atoms with Gasteiger partial charge in [0.1, 0.15) is 0 Å². The molecule has 1 aliphatic carbocycles. The summed E-state index contributed by atoms with van der Waals surface area (Å²) < 4.78 is 0. The van der Waals surface area contributed by atoms with Crippen molar-refractivity contribution < 1.29 is 0 Å². The smallest absolute Gasteiger partial charge is 0.0475 e. The fraction of sp³-hybridized carbons (Fsp3) is 0.350. The second kappa shape index (κ2) is 6.17. The SMILES string of the molecule is NN=C1[C@H]2CCC[C@@H]1[C@@H](c1ccccc1)N[C@H]2c1ccccc1. The zero-order valence-electron chi connectivity index (χ0n) is 13.2. The molecule has 1 saturated carbocycles. The Labute approximate surface area is 137 Å². The number of hydrogen-bond acceptors (Lipinski definition) is 3. The molecule has 0 aromatic heterocycles. The van der Waals surface area contributed by atoms with Crippen molar-refractivity contribution in [1.82, 2.24) is 5.32 Å². The molecule has 0 radical (unpaired) electrons. The van der Waals surface area contributed by atoms with Gasteiger partial charge in [0.25, 0.3) is 0 Å². The van der Waals surface area contributed by atoms with E-state index >= 15 is 0 Å². The number of hydrazone groups is 1. The summed E-state index contributed by atoms with van der Waals surface area (Å²) in [6, 6.07) is 22.0. The first kappa shape index (κ1) is 14.5. The van der Waals surface area contributed by atoms with E-state index in [4.69, 9.17) is 5.84 Å². The van der Waals surface area contributed by atoms with Crippen LogP contribution in [-0.4, -0.2) is 5.71 Å². The lowest BCUT2D eigenvalue weighted by Crippen LogP contribution is -2.51. The second-order valence-electron chi connectivity index (χ2n) is 6.64. The predicted octanol–water partition coefficient (Wildman–Crippen LogP) is 3.80. The number of rotatable bonds is 2. The van der Waals surface area contributed by atoms with Crippen LogP contribution in [-0.2, 0) is 0 Å². The van der Waals surface area contributed by atoms with Crippen molar-refractivity contribution in [3.63, 3.8) is 0 Å². The summed E-state index contributed by atoms with van der Waals surface area (Å²) in [4.78, 5) is 0. The van der Waals surface area contributed by atoms with Crippen molar-refractivity contribution in [2.45, 2.75) is 31.3 Å². The highest BCUT2D eigenvalue weighted by molar-refractivity contribution is 5.91. The first-order chi connectivity index (χ1) is 11.4. The summed E-state index contributed by atoms with van der Waals surface area (Å²) >= 11 is 0. The Morgan fingerprint density at radius 1 is 0.783 bits per heavy atom. The lowest BCUT2D eigenvalue weighted by molar-refractivity contribution is 0.233. The van der Waals surface area contributed by atoms with Crippen LogP contribution in [0.4, 0.5) is 0 Å². The van der Waals surface area contributed by atoms with E-state index in [1.54, 1.807) is 0 Å². The van der Waals surface area contributed by atoms with Gasteiger partial charge in [-0.25, -0.2) is 0 Å². The first-order valence-electron chi connectivity index (χ1n) is 8.52. The van der Waals surface area contributed by atoms with Gasteiger partial charge < -0.3 is 11.2 Å². The van der Waals surface area contributed by atoms with Gasteiger partial charge in [-0.3, -0.25) is 0 Å². The minimum Gasteiger partial charge on any atom is -0.323 e. The van der Waals surface area contributed by atoms with Gasteiger partial charge in [-0.05, 0) is 24.0 Å². The Kier molecular flexibility index (Phi) is 3.88. The molecule has 1 saturated heterocycles. The van der Waals surface area contributed by atoms with Crippen molar-refractivity contribution in [3.8, 4) is 0 Å². The highest BCUT2D eigenvalue weighted by atomic mass is 15.1. The normalized spacial score (nSPS) is 31.9. The van der Waals surface area contributed by atoms with Crippen LogP contribution in [0.3, 0.4) is 0 Å². The molecule has 3 heteroatoms. The van der Waals surface area contributed by atoms with Crippen molar-refractivity contribution in [2.75, 3.05) is 0 Å². The quantitative estimate of drug-likeness (QED) is 0.655. The van der Waals surface area contributed by atoms with E-state index < -0.39 is 0 Å². The van der Waals surface area contributed by atoms with Gasteiger partial charge in [0, 0.05) is 29.6 Å². The van der Waals surface area contributed by atoms with Gasteiger partial charge in [0.2, 0.25) is 0 Å². The molecule has 2 bridgehead atoms. The van der Waals surface area contributed by atoms with E-state index in [1.165, 1.54) is 36.1 Å². The van der Waals surface area contributed by atoms with Crippen molar-refractivity contribution in [1.29, 1.82) is 0 Å². The molecule has 2 fully saturated rings. The number of nitrogens with one attached hydrogen (secondary N) is 1. The summed E-state index contributed by atoms with van der Waals surface area (Å²) in [6.07, 6.45) is 3.59. The topological polar surface area (TPSA) is 50.4 Å². The summed E-state index contributed by atoms with van der Waals surface area (Å²) in [5.74, 6) is 6.67. The average molecular weight is 305 g/mol. The van der Waals surface area contributed by atoms with Gasteiger partial charge in [0.15, 0.2) is 0 Å². The Morgan fingerprint density at radius 2 is 1.26 bits per heavy atom. The number of hydrogen-bond donors (Lipinski definition) is 2. The zero-order valence-corrected chi connectivity index (χ0v) is 13.2. The monoisotopic (exact) mass is 305 g/mol. The van der Waals surface area contributed by atoms with Crippen LogP contribution in [0.15, 0.2) is 65.8 Å². The van der Waals surface area contributed by atoms with Crippen LogP contribution in [0.1, 0.15) is 42.5 Å². The van der Waals surface area contributed by atoms with E-state index in [9.17, 15) is 0 Å². The van der Waals surface area contributed by atoms with Gasteiger partial charge in [-0.2, -0.15) is 5.10 Å². The summed E-state index contributed by atoms with van der Waals surface area (Å²) in [7, 11) is 0. The molecular weight excluding hydrogens is 282 g/mol. The van der Waals surface area contributed by atoms with Gasteiger partial charge >= 0.3 is 0 Å². The summed E-state index contributed by atoms with van der Waals surface area (Å²) in [6.45, 7) is 0. The molecule has 3 nitrogen and oxygen atoms in total. The molecular formula is C20H23N3. The number of benzene rings is 2. The van der Waals surface area contributed by atoms with Gasteiger partial charge in [0.05, 0.1) is 0 Å². The van der Waals surface area contributed by atoms with Gasteiger partial charge in [-0.15, -0.1) is 0 Å². The maximum Gasteiger partial charge on any atom is 0.0475 e. The van der Waals surface area contributed by atoms with Crippen molar-refractivity contribution in [2.24, 2.45) is 22.8 Å². The maximum atomic E-state index is 5.83. The molecule has 1 aliphatic heterocycles. The molecule has 0 spiro atoms. The lowest BCUT2D eigenvalue weighted by Gasteiger charge is -2.47. The molecule has 1 heterocycles. The molecule has 0 amide bonds. The highest BCUT2D eigenvalue weighted by Gasteiger charge is 2.44. The minimum absolute atomic E-state index is 0.292. The van der Waals surface area contributed by atoms with Crippen LogP contribution in [0.25, 0.3) is 0 Å². The molecule has 2 aromatic carbocycles. The highest BCUT2D eigenvalue weighted by Crippen LogP contribution is 2.46. The Morgan fingerprint density at radius 3 is 1.70 bits per heavy atom. The first-order valence-corrected chi connectivity index (χ1v) is 8.52. The van der Waals surface area contributed by atoms with Crippen molar-refractivity contribution >= 4 is 5.71 Å². The van der Waals surface area contributed by atoms with Crippen molar-refractivity contribution in [3.05, 3.63) is 71.8 Å². The van der Waals surface area contributed by atoms with Crippen LogP contribution >= 0.6 is 0 Å². The number of fused-ring (bicyclic) bond motifs is 2. The molecule has 2 aliphatic rings. The third kappa shape index (κ3) is 2.55. The number of piperidine rings is 1. The maximum absolute atomic E-state index is 5.83. The molecule has 2 aromatic rings. The standard InChI is InChI=1S/C20H23N3/c21-23-20-16-12-7-13-17(20)19(15-10-5-2-6-11-15)22-18(16)14-8-3-1-4-9-14/h1-6,8-11,16-19,22H,7,12-13,21H2/t16-,17+,18-,19+. The molecule has 118 valence electrons. The number of nitrogens with two attached hydrogens (primary N) is 1. The summed E-state index contributed by atoms with van der Waals surface area (Å²) in [5, 5.41) is 8.18. The third-order valence-corrected chi connectivity index (χ3v) is 5.42. The predicted molar refractivity (Wildman–Crippen MR) is 94.0 cm³/mol. The van der Waals surface area contributed by atoms with Crippen LogP contribution in [0.2, 0.25) is 0 Å². The second-order valence-corrected chi connectivity index (χ2v) is 6.64. The third-order valence-electron chi connectivity index (χ3n) is 5.42. The van der Waals surface area contributed by atoms with Crippen LogP contribution < -0.4 is 11.2 Å². The van der Waals surface area contributed by atoms with Crippen LogP contribution in [0.5, 0.6) is 0 Å². The van der Waals surface area contributed by atoms with E-state index in [0.29, 0.717) is 23.9 Å². The molecule has 3 N–H and O–H groups in total. The molecule has 4 rings (SSSR count). The Bertz CT molecular complexity index is 625.